The summed E-state index contributed by atoms with van der Waals surface area (Å²) in [6.07, 6.45) is -4.39. The molecule has 1 heterocycles. The first-order chi connectivity index (χ1) is 16.4. The third kappa shape index (κ3) is 4.88. The molecule has 5 rings (SSSR count). The van der Waals surface area contributed by atoms with E-state index >= 15 is 0 Å². The molecule has 0 saturated heterocycles. The van der Waals surface area contributed by atoms with Gasteiger partial charge in [0.1, 0.15) is 29.4 Å². The SMILES string of the molecule is FC(F)(F)c1ccc(Oc2ccc3oc(-c4ccc(OCc5ccccc5)cc4)nc3c2)cc1. The van der Waals surface area contributed by atoms with Crippen molar-refractivity contribution in [3.8, 4) is 28.7 Å². The molecular formula is C27H18F3NO3. The Morgan fingerprint density at radius 3 is 2.12 bits per heavy atom. The van der Waals surface area contributed by atoms with Crippen LogP contribution in [0.4, 0.5) is 13.2 Å². The molecule has 0 atom stereocenters. The monoisotopic (exact) mass is 461 g/mol. The Kier molecular flexibility index (Phi) is 5.67. The van der Waals surface area contributed by atoms with E-state index in [-0.39, 0.29) is 0 Å². The molecule has 0 aliphatic carbocycles. The molecule has 0 saturated carbocycles. The number of ether oxygens (including phenoxy) is 2. The van der Waals surface area contributed by atoms with Crippen LogP contribution >= 0.6 is 0 Å². The Morgan fingerprint density at radius 1 is 0.735 bits per heavy atom. The smallest absolute Gasteiger partial charge is 0.416 e. The zero-order valence-electron chi connectivity index (χ0n) is 17.8. The highest BCUT2D eigenvalue weighted by Crippen LogP contribution is 2.33. The maximum absolute atomic E-state index is 12.7. The standard InChI is InChI=1S/C27H18F3NO3/c28-27(29,30)20-8-12-22(13-9-20)33-23-14-15-25-24(16-23)31-26(34-25)19-6-10-21(11-7-19)32-17-18-4-2-1-3-5-18/h1-16H,17H2. The molecule has 0 unspecified atom stereocenters. The molecule has 4 nitrogen and oxygen atoms in total. The van der Waals surface area contributed by atoms with E-state index in [1.165, 1.54) is 12.1 Å². The van der Waals surface area contributed by atoms with Crippen molar-refractivity contribution in [1.29, 1.82) is 0 Å². The van der Waals surface area contributed by atoms with Gasteiger partial charge in [0.05, 0.1) is 5.56 Å². The van der Waals surface area contributed by atoms with E-state index in [0.717, 1.165) is 29.0 Å². The molecule has 0 amide bonds. The molecular weight excluding hydrogens is 443 g/mol. The van der Waals surface area contributed by atoms with Crippen LogP contribution in [0.1, 0.15) is 11.1 Å². The Morgan fingerprint density at radius 2 is 1.41 bits per heavy atom. The molecule has 0 aliphatic rings. The van der Waals surface area contributed by atoms with Crippen molar-refractivity contribution in [2.24, 2.45) is 0 Å². The summed E-state index contributed by atoms with van der Waals surface area (Å²) in [6, 6.07) is 26.9. The predicted octanol–water partition coefficient (Wildman–Crippen LogP) is 7.88. The van der Waals surface area contributed by atoms with E-state index in [9.17, 15) is 13.2 Å². The Hall–Kier alpha value is -4.26. The first-order valence-corrected chi connectivity index (χ1v) is 10.5. The summed E-state index contributed by atoms with van der Waals surface area (Å²) in [6.45, 7) is 0.477. The van der Waals surface area contributed by atoms with Gasteiger partial charge in [-0.1, -0.05) is 30.3 Å². The molecule has 7 heteroatoms. The lowest BCUT2D eigenvalue weighted by Gasteiger charge is -2.08. The van der Waals surface area contributed by atoms with Gasteiger partial charge >= 0.3 is 6.18 Å². The highest BCUT2D eigenvalue weighted by molar-refractivity contribution is 5.78. The van der Waals surface area contributed by atoms with Crippen LogP contribution < -0.4 is 9.47 Å². The number of aromatic nitrogens is 1. The van der Waals surface area contributed by atoms with Gasteiger partial charge in [0.25, 0.3) is 0 Å². The molecule has 0 spiro atoms. The van der Waals surface area contributed by atoms with Crippen LogP contribution in [0.5, 0.6) is 17.2 Å². The number of benzene rings is 4. The summed E-state index contributed by atoms with van der Waals surface area (Å²) in [5.74, 6) is 1.91. The number of alkyl halides is 3. The van der Waals surface area contributed by atoms with Gasteiger partial charge in [-0.25, -0.2) is 4.98 Å². The van der Waals surface area contributed by atoms with Crippen LogP contribution in [-0.2, 0) is 12.8 Å². The Labute approximate surface area is 193 Å². The largest absolute Gasteiger partial charge is 0.489 e. The first-order valence-electron chi connectivity index (χ1n) is 10.5. The number of hydrogen-bond acceptors (Lipinski definition) is 4. The normalized spacial score (nSPS) is 11.5. The van der Waals surface area contributed by atoms with Crippen molar-refractivity contribution in [2.45, 2.75) is 12.8 Å². The summed E-state index contributed by atoms with van der Waals surface area (Å²) in [7, 11) is 0. The number of nitrogens with zero attached hydrogens (tertiary/aromatic N) is 1. The Bertz CT molecular complexity index is 1390. The maximum atomic E-state index is 12.7. The lowest BCUT2D eigenvalue weighted by atomic mass is 10.2. The van der Waals surface area contributed by atoms with Crippen LogP contribution in [0.15, 0.2) is 101 Å². The molecule has 4 aromatic carbocycles. The van der Waals surface area contributed by atoms with Gasteiger partial charge in [0, 0.05) is 11.6 Å². The molecule has 0 aliphatic heterocycles. The molecule has 1 aromatic heterocycles. The van der Waals surface area contributed by atoms with Crippen molar-refractivity contribution in [3.63, 3.8) is 0 Å². The summed E-state index contributed by atoms with van der Waals surface area (Å²) in [5.41, 5.74) is 2.28. The van der Waals surface area contributed by atoms with Gasteiger partial charge in [-0.3, -0.25) is 0 Å². The first kappa shape index (κ1) is 21.6. The number of hydrogen-bond donors (Lipinski definition) is 0. The van der Waals surface area contributed by atoms with E-state index in [2.05, 4.69) is 4.98 Å². The summed E-state index contributed by atoms with van der Waals surface area (Å²) < 4.78 is 55.5. The topological polar surface area (TPSA) is 44.5 Å². The molecule has 0 N–H and O–H groups in total. The Balaban J connectivity index is 1.28. The average Bonchev–Trinajstić information content (AvgIpc) is 3.27. The highest BCUT2D eigenvalue weighted by atomic mass is 19.4. The highest BCUT2D eigenvalue weighted by Gasteiger charge is 2.30. The number of oxazole rings is 1. The van der Waals surface area contributed by atoms with Gasteiger partial charge in [-0.05, 0) is 66.2 Å². The van der Waals surface area contributed by atoms with Crippen molar-refractivity contribution in [3.05, 3.63) is 108 Å². The van der Waals surface area contributed by atoms with Crippen molar-refractivity contribution < 1.29 is 27.1 Å². The van der Waals surface area contributed by atoms with E-state index in [1.54, 1.807) is 18.2 Å². The van der Waals surface area contributed by atoms with Crippen molar-refractivity contribution in [2.75, 3.05) is 0 Å². The van der Waals surface area contributed by atoms with E-state index in [0.29, 0.717) is 35.1 Å². The predicted molar refractivity (Wildman–Crippen MR) is 122 cm³/mol. The number of rotatable bonds is 6. The lowest BCUT2D eigenvalue weighted by molar-refractivity contribution is -0.137. The minimum Gasteiger partial charge on any atom is -0.489 e. The third-order valence-corrected chi connectivity index (χ3v) is 5.13. The fourth-order valence-electron chi connectivity index (χ4n) is 3.38. The fourth-order valence-corrected chi connectivity index (χ4v) is 3.38. The van der Waals surface area contributed by atoms with Crippen LogP contribution in [0.3, 0.4) is 0 Å². The molecule has 0 radical (unpaired) electrons. The quantitative estimate of drug-likeness (QED) is 0.258. The van der Waals surface area contributed by atoms with Gasteiger partial charge in [0.2, 0.25) is 5.89 Å². The molecule has 0 fully saturated rings. The average molecular weight is 461 g/mol. The van der Waals surface area contributed by atoms with Crippen LogP contribution in [0, 0.1) is 0 Å². The molecule has 34 heavy (non-hydrogen) atoms. The minimum atomic E-state index is -4.39. The fraction of sp³-hybridized carbons (Fsp3) is 0.0741. The van der Waals surface area contributed by atoms with Crippen LogP contribution in [-0.4, -0.2) is 4.98 Å². The second kappa shape index (κ2) is 8.94. The number of fused-ring (bicyclic) bond motifs is 1. The van der Waals surface area contributed by atoms with E-state index in [4.69, 9.17) is 13.9 Å². The van der Waals surface area contributed by atoms with Gasteiger partial charge < -0.3 is 13.9 Å². The summed E-state index contributed by atoms with van der Waals surface area (Å²) >= 11 is 0. The number of halogens is 3. The van der Waals surface area contributed by atoms with E-state index < -0.39 is 11.7 Å². The van der Waals surface area contributed by atoms with E-state index in [1.807, 2.05) is 54.6 Å². The zero-order chi connectivity index (χ0) is 23.5. The second-order valence-corrected chi connectivity index (χ2v) is 7.57. The second-order valence-electron chi connectivity index (χ2n) is 7.57. The summed E-state index contributed by atoms with van der Waals surface area (Å²) in [5, 5.41) is 0. The minimum absolute atomic E-state index is 0.294. The molecule has 170 valence electrons. The van der Waals surface area contributed by atoms with Gasteiger partial charge in [-0.15, -0.1) is 0 Å². The third-order valence-electron chi connectivity index (χ3n) is 5.13. The lowest BCUT2D eigenvalue weighted by Crippen LogP contribution is -2.03. The van der Waals surface area contributed by atoms with Crippen molar-refractivity contribution >= 4 is 11.1 Å². The molecule has 0 bridgehead atoms. The zero-order valence-corrected chi connectivity index (χ0v) is 17.8. The summed E-state index contributed by atoms with van der Waals surface area (Å²) in [4.78, 5) is 4.52. The molecule has 5 aromatic rings. The van der Waals surface area contributed by atoms with Gasteiger partial charge in [0.15, 0.2) is 5.58 Å². The van der Waals surface area contributed by atoms with Crippen LogP contribution in [0.2, 0.25) is 0 Å². The maximum Gasteiger partial charge on any atom is 0.416 e. The van der Waals surface area contributed by atoms with Gasteiger partial charge in [-0.2, -0.15) is 13.2 Å². The van der Waals surface area contributed by atoms with Crippen molar-refractivity contribution in [1.82, 2.24) is 4.98 Å². The van der Waals surface area contributed by atoms with Crippen LogP contribution in [0.25, 0.3) is 22.6 Å².